The van der Waals surface area contributed by atoms with E-state index in [1.807, 2.05) is 0 Å². The summed E-state index contributed by atoms with van der Waals surface area (Å²) in [5, 5.41) is 10.7. The molecule has 0 aliphatic carbocycles. The van der Waals surface area contributed by atoms with Crippen LogP contribution in [0.4, 0.5) is 5.82 Å². The number of nitro groups is 1. The van der Waals surface area contributed by atoms with Crippen molar-refractivity contribution >= 4 is 21.9 Å². The van der Waals surface area contributed by atoms with E-state index in [4.69, 9.17) is 4.42 Å². The van der Waals surface area contributed by atoms with Crippen molar-refractivity contribution in [1.29, 1.82) is 0 Å². The first-order valence-corrected chi connectivity index (χ1v) is 6.00. The lowest BCUT2D eigenvalue weighted by atomic mass is 10.3. The van der Waals surface area contributed by atoms with Gasteiger partial charge < -0.3 is 14.5 Å². The first kappa shape index (κ1) is 13.1. The fourth-order valence-electron chi connectivity index (χ4n) is 1.54. The van der Waals surface area contributed by atoms with Gasteiger partial charge in [-0.2, -0.15) is 0 Å². The summed E-state index contributed by atoms with van der Waals surface area (Å²) >= 11 is 0.245. The number of hydrogen-bond donors (Lipinski definition) is 0. The fraction of sp³-hybridized carbons (Fsp3) is 0.300. The molecule has 2 aromatic heterocycles. The summed E-state index contributed by atoms with van der Waals surface area (Å²) in [5.41, 5.74) is 0. The fourth-order valence-corrected chi connectivity index (χ4v) is 1.89. The molecule has 0 atom stereocenters. The number of hydrogen-bond acceptors (Lipinski definition) is 6. The number of oxazole rings is 1. The molecule has 0 saturated carbocycles. The summed E-state index contributed by atoms with van der Waals surface area (Å²) in [6.45, 7) is 1.72. The molecule has 100 valence electrons. The molecular weight excluding hydrogens is 272 g/mol. The van der Waals surface area contributed by atoms with Gasteiger partial charge in [0.05, 0.1) is 30.9 Å². The van der Waals surface area contributed by atoms with Gasteiger partial charge in [0.15, 0.2) is 0 Å². The van der Waals surface area contributed by atoms with Gasteiger partial charge in [-0.15, -0.1) is 0 Å². The van der Waals surface area contributed by atoms with Crippen LogP contribution in [0.5, 0.6) is 0 Å². The molecule has 0 aliphatic heterocycles. The van der Waals surface area contributed by atoms with Crippen molar-refractivity contribution in [1.82, 2.24) is 14.5 Å². The second kappa shape index (κ2) is 5.14. The lowest BCUT2D eigenvalue weighted by molar-refractivity contribution is -0.391. The molecule has 0 unspecified atom stereocenters. The molecule has 19 heavy (non-hydrogen) atoms. The van der Waals surface area contributed by atoms with Crippen molar-refractivity contribution in [2.24, 2.45) is 7.05 Å². The Morgan fingerprint density at radius 1 is 1.53 bits per heavy atom. The molecule has 2 rings (SSSR count). The summed E-state index contributed by atoms with van der Waals surface area (Å²) in [4.78, 5) is 18.4. The minimum atomic E-state index is -0.532. The van der Waals surface area contributed by atoms with E-state index >= 15 is 0 Å². The lowest BCUT2D eigenvalue weighted by Crippen LogP contribution is -2.10. The Hall–Kier alpha value is -2.29. The maximum atomic E-state index is 11.1. The van der Waals surface area contributed by atoms with Crippen LogP contribution in [-0.4, -0.2) is 28.5 Å². The second-order valence-electron chi connectivity index (χ2n) is 3.81. The number of imidazole rings is 1. The number of rotatable bonds is 4. The van der Waals surface area contributed by atoms with E-state index in [1.54, 1.807) is 6.92 Å². The quantitative estimate of drug-likeness (QED) is 0.352. The van der Waals surface area contributed by atoms with Crippen LogP contribution in [-0.2, 0) is 24.7 Å². The summed E-state index contributed by atoms with van der Waals surface area (Å²) in [7, 11) is 1.52. The average Bonchev–Trinajstić information content (AvgIpc) is 2.93. The highest BCUT2D eigenvalue weighted by Crippen LogP contribution is 2.14. The van der Waals surface area contributed by atoms with Crippen LogP contribution in [0.3, 0.4) is 0 Å². The van der Waals surface area contributed by atoms with E-state index in [-0.39, 0.29) is 29.4 Å². The third-order valence-corrected chi connectivity index (χ3v) is 3.05. The summed E-state index contributed by atoms with van der Waals surface area (Å²) in [5.74, 6) is 1.09. The highest BCUT2D eigenvalue weighted by Gasteiger charge is 2.20. The third-order valence-electron chi connectivity index (χ3n) is 2.53. The molecule has 0 bridgehead atoms. The van der Waals surface area contributed by atoms with Gasteiger partial charge in [-0.3, -0.25) is 0 Å². The standard InChI is InChI=1S/C10H10N4O4S/c1-6-4-12-10(18-6)7(19-17)3-8-11-5-9(13(8)2)14(15)16/h4-5H,3H2,1-2H3. The van der Waals surface area contributed by atoms with Crippen molar-refractivity contribution in [3.63, 3.8) is 0 Å². The number of nitrogens with zero attached hydrogens (tertiary/aromatic N) is 4. The number of aryl methyl sites for hydroxylation is 1. The van der Waals surface area contributed by atoms with Crippen molar-refractivity contribution in [3.8, 4) is 0 Å². The monoisotopic (exact) mass is 282 g/mol. The van der Waals surface area contributed by atoms with Gasteiger partial charge in [-0.25, -0.2) is 18.7 Å². The van der Waals surface area contributed by atoms with E-state index in [9.17, 15) is 14.3 Å². The van der Waals surface area contributed by atoms with Gasteiger partial charge in [0.1, 0.15) is 16.8 Å². The molecule has 2 heterocycles. The first-order valence-electron chi connectivity index (χ1n) is 5.26. The molecular formula is C10H10N4O4S. The zero-order valence-electron chi connectivity index (χ0n) is 10.2. The van der Waals surface area contributed by atoms with Crippen molar-refractivity contribution in [2.45, 2.75) is 13.3 Å². The summed E-state index contributed by atoms with van der Waals surface area (Å²) < 4.78 is 17.7. The Morgan fingerprint density at radius 3 is 2.74 bits per heavy atom. The molecule has 0 N–H and O–H groups in total. The summed E-state index contributed by atoms with van der Waals surface area (Å²) in [6.07, 6.45) is 2.80. The normalized spacial score (nSPS) is 10.4. The molecule has 9 heteroatoms. The molecule has 2 aromatic rings. The zero-order chi connectivity index (χ0) is 14.0. The van der Waals surface area contributed by atoms with Crippen molar-refractivity contribution in [2.75, 3.05) is 0 Å². The predicted molar refractivity (Wildman–Crippen MR) is 67.1 cm³/mol. The van der Waals surface area contributed by atoms with Crippen LogP contribution in [0, 0.1) is 17.0 Å². The maximum absolute atomic E-state index is 11.1. The molecule has 0 spiro atoms. The SMILES string of the molecule is Cc1cnc(C(Cc2ncc([N+](=O)[O-])n2C)=S=O)o1. The van der Waals surface area contributed by atoms with Crippen LogP contribution in [0.1, 0.15) is 17.5 Å². The smallest absolute Gasteiger partial charge is 0.342 e. The van der Waals surface area contributed by atoms with E-state index in [2.05, 4.69) is 9.97 Å². The van der Waals surface area contributed by atoms with E-state index < -0.39 is 4.92 Å². The minimum Gasteiger partial charge on any atom is -0.441 e. The molecule has 0 radical (unpaired) electrons. The Balaban J connectivity index is 2.30. The van der Waals surface area contributed by atoms with Crippen molar-refractivity contribution < 1.29 is 13.5 Å². The van der Waals surface area contributed by atoms with Gasteiger partial charge in [0.25, 0.3) is 0 Å². The Morgan fingerprint density at radius 2 is 2.26 bits per heavy atom. The lowest BCUT2D eigenvalue weighted by Gasteiger charge is -1.98. The Bertz CT molecular complexity index is 684. The van der Waals surface area contributed by atoms with Crippen molar-refractivity contribution in [3.05, 3.63) is 40.0 Å². The highest BCUT2D eigenvalue weighted by molar-refractivity contribution is 7.67. The van der Waals surface area contributed by atoms with E-state index in [0.717, 1.165) is 6.20 Å². The molecule has 0 aliphatic rings. The Kier molecular flexibility index (Phi) is 3.56. The topological polar surface area (TPSA) is 104 Å². The van der Waals surface area contributed by atoms with Crippen LogP contribution >= 0.6 is 0 Å². The van der Waals surface area contributed by atoms with E-state index in [1.165, 1.54) is 17.8 Å². The minimum absolute atomic E-state index is 0.131. The van der Waals surface area contributed by atoms with Crippen LogP contribution in [0.25, 0.3) is 0 Å². The van der Waals surface area contributed by atoms with Gasteiger partial charge >= 0.3 is 5.82 Å². The largest absolute Gasteiger partial charge is 0.441 e. The molecule has 0 fully saturated rings. The van der Waals surface area contributed by atoms with Gasteiger partial charge in [-0.05, 0) is 11.8 Å². The number of aromatic nitrogens is 3. The molecule has 0 aromatic carbocycles. The third kappa shape index (κ3) is 2.60. The highest BCUT2D eigenvalue weighted by atomic mass is 32.1. The molecule has 8 nitrogen and oxygen atoms in total. The molecule has 0 saturated heterocycles. The molecule has 0 amide bonds. The average molecular weight is 282 g/mol. The summed E-state index contributed by atoms with van der Waals surface area (Å²) in [6, 6.07) is 0. The van der Waals surface area contributed by atoms with Crippen LogP contribution < -0.4 is 0 Å². The maximum Gasteiger partial charge on any atom is 0.342 e. The van der Waals surface area contributed by atoms with Gasteiger partial charge in [0.2, 0.25) is 11.7 Å². The van der Waals surface area contributed by atoms with Gasteiger partial charge in [-0.1, -0.05) is 0 Å². The first-order chi connectivity index (χ1) is 9.02. The van der Waals surface area contributed by atoms with E-state index in [0.29, 0.717) is 16.4 Å². The predicted octanol–water partition coefficient (Wildman–Crippen LogP) is 0.601. The second-order valence-corrected chi connectivity index (χ2v) is 4.47. The van der Waals surface area contributed by atoms with Crippen LogP contribution in [0.15, 0.2) is 16.8 Å². The zero-order valence-corrected chi connectivity index (χ0v) is 11.0. The Labute approximate surface area is 111 Å². The van der Waals surface area contributed by atoms with Gasteiger partial charge in [0, 0.05) is 0 Å². The van der Waals surface area contributed by atoms with Crippen LogP contribution in [0.2, 0.25) is 0 Å².